The highest BCUT2D eigenvalue weighted by molar-refractivity contribution is 6.30. The largest absolute Gasteiger partial charge is 0.371 e. The van der Waals surface area contributed by atoms with E-state index in [-0.39, 0.29) is 0 Å². The smallest absolute Gasteiger partial charge is 0.0412 e. The maximum absolute atomic E-state index is 6.20. The Morgan fingerprint density at radius 2 is 2.05 bits per heavy atom. The molecule has 0 aliphatic carbocycles. The topological polar surface area (TPSA) is 15.3 Å². The van der Waals surface area contributed by atoms with E-state index >= 15 is 0 Å². The first-order chi connectivity index (χ1) is 9.97. The lowest BCUT2D eigenvalue weighted by atomic mass is 9.95. The summed E-state index contributed by atoms with van der Waals surface area (Å²) >= 11 is 6.20. The fourth-order valence-electron chi connectivity index (χ4n) is 3.05. The fourth-order valence-corrected chi connectivity index (χ4v) is 3.24. The van der Waals surface area contributed by atoms with Crippen molar-refractivity contribution in [3.63, 3.8) is 0 Å². The Kier molecular flexibility index (Phi) is 5.95. The summed E-state index contributed by atoms with van der Waals surface area (Å²) in [5.74, 6) is 2.26. The summed E-state index contributed by atoms with van der Waals surface area (Å²) in [6.45, 7) is 13.4. The average molecular weight is 309 g/mol. The van der Waals surface area contributed by atoms with Crippen molar-refractivity contribution in [2.24, 2.45) is 17.8 Å². The molecular formula is C18H29ClN2. The molecule has 1 fully saturated rings. The van der Waals surface area contributed by atoms with Gasteiger partial charge in [0, 0.05) is 30.3 Å². The van der Waals surface area contributed by atoms with E-state index in [2.05, 4.69) is 50.0 Å². The van der Waals surface area contributed by atoms with E-state index in [0.717, 1.165) is 29.9 Å². The minimum absolute atomic E-state index is 0.671. The lowest BCUT2D eigenvalue weighted by Gasteiger charge is -2.23. The van der Waals surface area contributed by atoms with Gasteiger partial charge in [0.05, 0.1) is 0 Å². The van der Waals surface area contributed by atoms with Crippen molar-refractivity contribution < 1.29 is 0 Å². The summed E-state index contributed by atoms with van der Waals surface area (Å²) in [6, 6.07) is 6.33. The van der Waals surface area contributed by atoms with Crippen LogP contribution < -0.4 is 10.2 Å². The zero-order chi connectivity index (χ0) is 15.4. The van der Waals surface area contributed by atoms with Crippen molar-refractivity contribution >= 4 is 17.3 Å². The van der Waals surface area contributed by atoms with Crippen LogP contribution in [0.2, 0.25) is 5.02 Å². The van der Waals surface area contributed by atoms with E-state index in [1.165, 1.54) is 30.8 Å². The average Bonchev–Trinajstić information content (AvgIpc) is 2.88. The summed E-state index contributed by atoms with van der Waals surface area (Å²) < 4.78 is 0. The standard InChI is InChI=1S/C18H29ClN2/c1-13(2)10-20-11-16-9-17(19)5-6-18(16)21-8-7-15(12-21)14(3)4/h5-6,9,13-15,20H,7-8,10-12H2,1-4H3. The molecule has 1 heterocycles. The Hall–Kier alpha value is -0.730. The molecule has 0 spiro atoms. The lowest BCUT2D eigenvalue weighted by molar-refractivity contribution is 0.422. The molecule has 1 unspecified atom stereocenters. The van der Waals surface area contributed by atoms with Gasteiger partial charge in [-0.2, -0.15) is 0 Å². The number of rotatable bonds is 6. The van der Waals surface area contributed by atoms with Crippen molar-refractivity contribution in [1.82, 2.24) is 5.32 Å². The van der Waals surface area contributed by atoms with E-state index in [0.29, 0.717) is 5.92 Å². The first-order valence-electron chi connectivity index (χ1n) is 8.21. The second-order valence-corrected chi connectivity index (χ2v) is 7.47. The SMILES string of the molecule is CC(C)CNCc1cc(Cl)ccc1N1CCC(C(C)C)C1. The third kappa shape index (κ3) is 4.62. The van der Waals surface area contributed by atoms with Crippen LogP contribution in [0.25, 0.3) is 0 Å². The normalized spacial score (nSPS) is 19.0. The Balaban J connectivity index is 2.08. The van der Waals surface area contributed by atoms with Crippen LogP contribution in [0, 0.1) is 17.8 Å². The van der Waals surface area contributed by atoms with Gasteiger partial charge in [-0.25, -0.2) is 0 Å². The van der Waals surface area contributed by atoms with Gasteiger partial charge in [0.2, 0.25) is 0 Å². The molecule has 1 N–H and O–H groups in total. The van der Waals surface area contributed by atoms with Crippen LogP contribution in [0.15, 0.2) is 18.2 Å². The number of halogens is 1. The maximum Gasteiger partial charge on any atom is 0.0412 e. The zero-order valence-electron chi connectivity index (χ0n) is 13.8. The summed E-state index contributed by atoms with van der Waals surface area (Å²) in [4.78, 5) is 2.54. The number of anilines is 1. The summed E-state index contributed by atoms with van der Waals surface area (Å²) in [5.41, 5.74) is 2.69. The first-order valence-corrected chi connectivity index (χ1v) is 8.59. The van der Waals surface area contributed by atoms with E-state index in [4.69, 9.17) is 11.6 Å². The van der Waals surface area contributed by atoms with Crippen LogP contribution in [-0.2, 0) is 6.54 Å². The summed E-state index contributed by atoms with van der Waals surface area (Å²) in [5, 5.41) is 4.37. The van der Waals surface area contributed by atoms with Gasteiger partial charge in [-0.05, 0) is 54.5 Å². The molecule has 2 nitrogen and oxygen atoms in total. The third-order valence-electron chi connectivity index (χ3n) is 4.42. The molecule has 0 amide bonds. The number of hydrogen-bond acceptors (Lipinski definition) is 2. The second kappa shape index (κ2) is 7.51. The molecule has 0 bridgehead atoms. The van der Waals surface area contributed by atoms with E-state index < -0.39 is 0 Å². The summed E-state index contributed by atoms with van der Waals surface area (Å²) in [6.07, 6.45) is 1.30. The minimum atomic E-state index is 0.671. The number of benzene rings is 1. The molecule has 1 atom stereocenters. The van der Waals surface area contributed by atoms with Gasteiger partial charge in [-0.3, -0.25) is 0 Å². The predicted molar refractivity (Wildman–Crippen MR) is 93.2 cm³/mol. The highest BCUT2D eigenvalue weighted by atomic mass is 35.5. The van der Waals surface area contributed by atoms with Crippen molar-refractivity contribution in [3.8, 4) is 0 Å². The molecule has 2 rings (SSSR count). The monoisotopic (exact) mass is 308 g/mol. The number of hydrogen-bond donors (Lipinski definition) is 1. The number of nitrogens with one attached hydrogen (secondary N) is 1. The molecule has 0 aromatic heterocycles. The van der Waals surface area contributed by atoms with Crippen molar-refractivity contribution in [1.29, 1.82) is 0 Å². The van der Waals surface area contributed by atoms with Crippen LogP contribution in [0.4, 0.5) is 5.69 Å². The van der Waals surface area contributed by atoms with Gasteiger partial charge >= 0.3 is 0 Å². The number of nitrogens with zero attached hydrogens (tertiary/aromatic N) is 1. The molecule has 118 valence electrons. The highest BCUT2D eigenvalue weighted by Gasteiger charge is 2.26. The molecule has 3 heteroatoms. The molecule has 1 aliphatic heterocycles. The fraction of sp³-hybridized carbons (Fsp3) is 0.667. The Morgan fingerprint density at radius 3 is 2.67 bits per heavy atom. The lowest BCUT2D eigenvalue weighted by Crippen LogP contribution is -2.25. The predicted octanol–water partition coefficient (Wildman–Crippen LogP) is 4.57. The molecule has 0 radical (unpaired) electrons. The van der Waals surface area contributed by atoms with Crippen LogP contribution >= 0.6 is 11.6 Å². The molecule has 21 heavy (non-hydrogen) atoms. The van der Waals surface area contributed by atoms with Crippen LogP contribution in [0.3, 0.4) is 0 Å². The van der Waals surface area contributed by atoms with Gasteiger partial charge in [0.25, 0.3) is 0 Å². The Bertz CT molecular complexity index is 457. The van der Waals surface area contributed by atoms with E-state index in [9.17, 15) is 0 Å². The maximum atomic E-state index is 6.20. The van der Waals surface area contributed by atoms with Gasteiger partial charge in [-0.15, -0.1) is 0 Å². The molecule has 1 aromatic carbocycles. The first kappa shape index (κ1) is 16.6. The summed E-state index contributed by atoms with van der Waals surface area (Å²) in [7, 11) is 0. The van der Waals surface area contributed by atoms with Crippen molar-refractivity contribution in [2.45, 2.75) is 40.7 Å². The minimum Gasteiger partial charge on any atom is -0.371 e. The highest BCUT2D eigenvalue weighted by Crippen LogP contribution is 2.31. The van der Waals surface area contributed by atoms with Crippen molar-refractivity contribution in [2.75, 3.05) is 24.5 Å². The quantitative estimate of drug-likeness (QED) is 0.828. The molecule has 1 aromatic rings. The molecule has 0 saturated carbocycles. The Morgan fingerprint density at radius 1 is 1.29 bits per heavy atom. The van der Waals surface area contributed by atoms with Crippen LogP contribution in [-0.4, -0.2) is 19.6 Å². The second-order valence-electron chi connectivity index (χ2n) is 7.04. The van der Waals surface area contributed by atoms with Crippen molar-refractivity contribution in [3.05, 3.63) is 28.8 Å². The zero-order valence-corrected chi connectivity index (χ0v) is 14.6. The van der Waals surface area contributed by atoms with Gasteiger partial charge in [-0.1, -0.05) is 39.3 Å². The van der Waals surface area contributed by atoms with E-state index in [1.807, 2.05) is 6.07 Å². The van der Waals surface area contributed by atoms with Crippen LogP contribution in [0.1, 0.15) is 39.7 Å². The Labute approximate surface area is 134 Å². The van der Waals surface area contributed by atoms with E-state index in [1.54, 1.807) is 0 Å². The van der Waals surface area contributed by atoms with Gasteiger partial charge < -0.3 is 10.2 Å². The molecule has 1 aliphatic rings. The van der Waals surface area contributed by atoms with Gasteiger partial charge in [0.1, 0.15) is 0 Å². The molecule has 1 saturated heterocycles. The third-order valence-corrected chi connectivity index (χ3v) is 4.65. The molecular weight excluding hydrogens is 280 g/mol. The van der Waals surface area contributed by atoms with Gasteiger partial charge in [0.15, 0.2) is 0 Å². The van der Waals surface area contributed by atoms with Crippen LogP contribution in [0.5, 0.6) is 0 Å².